The van der Waals surface area contributed by atoms with Crippen molar-refractivity contribution in [3.05, 3.63) is 28.4 Å². The minimum atomic E-state index is -4.19. The van der Waals surface area contributed by atoms with Crippen LogP contribution in [0.2, 0.25) is 0 Å². The highest BCUT2D eigenvalue weighted by molar-refractivity contribution is 5.57. The van der Waals surface area contributed by atoms with Gasteiger partial charge in [0, 0.05) is 25.4 Å². The quantitative estimate of drug-likeness (QED) is 0.615. The molecule has 1 aliphatic heterocycles. The number of alkyl halides is 3. The molecule has 5 nitrogen and oxygen atoms in total. The van der Waals surface area contributed by atoms with Crippen LogP contribution in [0.1, 0.15) is 12.8 Å². The number of nitro groups is 1. The molecule has 1 fully saturated rings. The highest BCUT2D eigenvalue weighted by Crippen LogP contribution is 2.36. The van der Waals surface area contributed by atoms with E-state index in [0.717, 1.165) is 0 Å². The molecule has 0 bridgehead atoms. The summed E-state index contributed by atoms with van der Waals surface area (Å²) in [5.41, 5.74) is -0.173. The number of pyridine rings is 1. The van der Waals surface area contributed by atoms with E-state index in [1.807, 2.05) is 0 Å². The van der Waals surface area contributed by atoms with Crippen LogP contribution in [0.4, 0.5) is 24.7 Å². The smallest absolute Gasteiger partial charge is 0.351 e. The van der Waals surface area contributed by atoms with Crippen molar-refractivity contribution in [1.29, 1.82) is 0 Å². The van der Waals surface area contributed by atoms with E-state index in [-0.39, 0.29) is 37.4 Å². The standard InChI is InChI=1S/C11H12F3N3O2/c12-11(13,14)8-3-6-16(7-4-8)10-9(17(18)19)2-1-5-15-10/h1-2,5,8H,3-4,6-7H2. The Kier molecular flexibility index (Phi) is 3.59. The lowest BCUT2D eigenvalue weighted by atomic mass is 9.96. The predicted octanol–water partition coefficient (Wildman–Crippen LogP) is 2.77. The number of nitrogens with zero attached hydrogens (tertiary/aromatic N) is 3. The van der Waals surface area contributed by atoms with E-state index in [2.05, 4.69) is 4.98 Å². The fourth-order valence-corrected chi connectivity index (χ4v) is 2.19. The average Bonchev–Trinajstić information content (AvgIpc) is 2.38. The summed E-state index contributed by atoms with van der Waals surface area (Å²) in [5.74, 6) is -1.18. The second-order valence-corrected chi connectivity index (χ2v) is 4.41. The summed E-state index contributed by atoms with van der Waals surface area (Å²) in [6.07, 6.45) is -2.91. The van der Waals surface area contributed by atoms with Gasteiger partial charge in [0.05, 0.1) is 10.8 Å². The van der Waals surface area contributed by atoms with Crippen LogP contribution < -0.4 is 4.90 Å². The maximum atomic E-state index is 12.5. The maximum Gasteiger partial charge on any atom is 0.391 e. The molecule has 104 valence electrons. The van der Waals surface area contributed by atoms with Gasteiger partial charge in [-0.15, -0.1) is 0 Å². The van der Waals surface area contributed by atoms with Crippen molar-refractivity contribution in [1.82, 2.24) is 4.98 Å². The first-order chi connectivity index (χ1) is 8.89. The van der Waals surface area contributed by atoms with Gasteiger partial charge in [-0.05, 0) is 18.9 Å². The molecule has 2 heterocycles. The molecule has 0 aliphatic carbocycles. The zero-order valence-corrected chi connectivity index (χ0v) is 9.93. The van der Waals surface area contributed by atoms with Crippen LogP contribution in [0, 0.1) is 16.0 Å². The second-order valence-electron chi connectivity index (χ2n) is 4.41. The molecule has 0 atom stereocenters. The maximum absolute atomic E-state index is 12.5. The average molecular weight is 275 g/mol. The van der Waals surface area contributed by atoms with Gasteiger partial charge in [0.1, 0.15) is 0 Å². The topological polar surface area (TPSA) is 59.3 Å². The number of aromatic nitrogens is 1. The largest absolute Gasteiger partial charge is 0.391 e. The number of piperidine rings is 1. The molecule has 1 aromatic heterocycles. The molecule has 0 aromatic carbocycles. The summed E-state index contributed by atoms with van der Waals surface area (Å²) in [6, 6.07) is 2.74. The van der Waals surface area contributed by atoms with Crippen LogP contribution in [0.25, 0.3) is 0 Å². The summed E-state index contributed by atoms with van der Waals surface area (Å²) in [7, 11) is 0. The fourth-order valence-electron chi connectivity index (χ4n) is 2.19. The van der Waals surface area contributed by atoms with Crippen molar-refractivity contribution in [3.63, 3.8) is 0 Å². The number of anilines is 1. The molecule has 0 spiro atoms. The van der Waals surface area contributed by atoms with E-state index < -0.39 is 17.0 Å². The minimum Gasteiger partial charge on any atom is -0.351 e. The summed E-state index contributed by atoms with van der Waals surface area (Å²) in [5, 5.41) is 10.8. The van der Waals surface area contributed by atoms with E-state index in [9.17, 15) is 23.3 Å². The molecule has 1 aliphatic rings. The van der Waals surface area contributed by atoms with Gasteiger partial charge in [0.2, 0.25) is 5.82 Å². The third-order valence-corrected chi connectivity index (χ3v) is 3.22. The lowest BCUT2D eigenvalue weighted by Crippen LogP contribution is -2.39. The molecule has 1 saturated heterocycles. The molecule has 0 N–H and O–H groups in total. The molecular formula is C11H12F3N3O2. The van der Waals surface area contributed by atoms with Gasteiger partial charge in [-0.3, -0.25) is 10.1 Å². The van der Waals surface area contributed by atoms with Crippen LogP contribution in [0.5, 0.6) is 0 Å². The lowest BCUT2D eigenvalue weighted by Gasteiger charge is -2.33. The van der Waals surface area contributed by atoms with Crippen molar-refractivity contribution in [3.8, 4) is 0 Å². The molecule has 2 rings (SSSR count). The Morgan fingerprint density at radius 2 is 2.00 bits per heavy atom. The molecule has 8 heteroatoms. The third kappa shape index (κ3) is 2.94. The van der Waals surface area contributed by atoms with E-state index in [0.29, 0.717) is 0 Å². The SMILES string of the molecule is O=[N+]([O-])c1cccnc1N1CCC(C(F)(F)F)CC1. The van der Waals surface area contributed by atoms with Crippen molar-refractivity contribution >= 4 is 11.5 Å². The van der Waals surface area contributed by atoms with Gasteiger partial charge < -0.3 is 4.90 Å². The van der Waals surface area contributed by atoms with Crippen LogP contribution in [-0.4, -0.2) is 29.2 Å². The first kappa shape index (κ1) is 13.6. The summed E-state index contributed by atoms with van der Waals surface area (Å²) < 4.78 is 37.6. The molecule has 0 unspecified atom stereocenters. The van der Waals surface area contributed by atoms with Gasteiger partial charge >= 0.3 is 11.9 Å². The summed E-state index contributed by atoms with van der Waals surface area (Å²) in [6.45, 7) is 0.254. The number of hydrogen-bond acceptors (Lipinski definition) is 4. The Balaban J connectivity index is 2.12. The Morgan fingerprint density at radius 3 is 2.53 bits per heavy atom. The van der Waals surface area contributed by atoms with Crippen molar-refractivity contribution in [2.24, 2.45) is 5.92 Å². The fraction of sp³-hybridized carbons (Fsp3) is 0.545. The first-order valence-electron chi connectivity index (χ1n) is 5.80. The van der Waals surface area contributed by atoms with Crippen molar-refractivity contribution in [2.75, 3.05) is 18.0 Å². The van der Waals surface area contributed by atoms with Gasteiger partial charge in [-0.1, -0.05) is 0 Å². The summed E-state index contributed by atoms with van der Waals surface area (Å²) >= 11 is 0. The van der Waals surface area contributed by atoms with Crippen molar-refractivity contribution < 1.29 is 18.1 Å². The monoisotopic (exact) mass is 275 g/mol. The molecular weight excluding hydrogens is 263 g/mol. The van der Waals surface area contributed by atoms with Crippen LogP contribution in [0.3, 0.4) is 0 Å². The normalized spacial score (nSPS) is 17.5. The van der Waals surface area contributed by atoms with Crippen LogP contribution >= 0.6 is 0 Å². The molecule has 0 radical (unpaired) electrons. The molecule has 0 saturated carbocycles. The minimum absolute atomic E-state index is 0.0583. The highest BCUT2D eigenvalue weighted by atomic mass is 19.4. The van der Waals surface area contributed by atoms with E-state index in [4.69, 9.17) is 0 Å². The van der Waals surface area contributed by atoms with Crippen LogP contribution in [-0.2, 0) is 0 Å². The lowest BCUT2D eigenvalue weighted by molar-refractivity contribution is -0.384. The van der Waals surface area contributed by atoms with Gasteiger partial charge in [0.25, 0.3) is 0 Å². The van der Waals surface area contributed by atoms with E-state index >= 15 is 0 Å². The Bertz CT molecular complexity index is 470. The molecule has 1 aromatic rings. The van der Waals surface area contributed by atoms with Gasteiger partial charge in [0.15, 0.2) is 0 Å². The zero-order valence-electron chi connectivity index (χ0n) is 9.93. The zero-order chi connectivity index (χ0) is 14.0. The van der Waals surface area contributed by atoms with E-state index in [1.165, 1.54) is 18.3 Å². The number of rotatable bonds is 2. The summed E-state index contributed by atoms with van der Waals surface area (Å²) in [4.78, 5) is 15.7. The Morgan fingerprint density at radius 1 is 1.37 bits per heavy atom. The number of hydrogen-bond donors (Lipinski definition) is 0. The number of halogens is 3. The van der Waals surface area contributed by atoms with Gasteiger partial charge in [-0.2, -0.15) is 13.2 Å². The first-order valence-corrected chi connectivity index (χ1v) is 5.80. The second kappa shape index (κ2) is 5.02. The predicted molar refractivity (Wildman–Crippen MR) is 61.9 cm³/mol. The Hall–Kier alpha value is -1.86. The molecule has 19 heavy (non-hydrogen) atoms. The highest BCUT2D eigenvalue weighted by Gasteiger charge is 2.41. The van der Waals surface area contributed by atoms with E-state index in [1.54, 1.807) is 4.90 Å². The van der Waals surface area contributed by atoms with Gasteiger partial charge in [-0.25, -0.2) is 4.98 Å². The van der Waals surface area contributed by atoms with Crippen molar-refractivity contribution in [2.45, 2.75) is 19.0 Å². The third-order valence-electron chi connectivity index (χ3n) is 3.22. The van der Waals surface area contributed by atoms with Crippen LogP contribution in [0.15, 0.2) is 18.3 Å². The Labute approximate surface area is 107 Å². The molecule has 0 amide bonds.